The van der Waals surface area contributed by atoms with E-state index in [-0.39, 0.29) is 5.91 Å². The maximum atomic E-state index is 12.1. The number of nitrogens with one attached hydrogen (secondary N) is 1. The van der Waals surface area contributed by atoms with Crippen molar-refractivity contribution in [3.8, 4) is 0 Å². The third-order valence-electron chi connectivity index (χ3n) is 3.20. The summed E-state index contributed by atoms with van der Waals surface area (Å²) in [6.07, 6.45) is 0. The first-order chi connectivity index (χ1) is 10.0. The molecule has 0 aromatic heterocycles. The molecule has 0 aliphatic heterocycles. The molecule has 0 radical (unpaired) electrons. The summed E-state index contributed by atoms with van der Waals surface area (Å²) in [5.41, 5.74) is 2.95. The fourth-order valence-electron chi connectivity index (χ4n) is 1.93. The number of hydrogen-bond acceptors (Lipinski definition) is 3. The van der Waals surface area contributed by atoms with Crippen molar-refractivity contribution in [3.63, 3.8) is 0 Å². The molecular formula is C17H20N2OS. The molecule has 3 nitrogen and oxygen atoms in total. The Morgan fingerprint density at radius 3 is 2.33 bits per heavy atom. The molecule has 1 amide bonds. The molecule has 2 rings (SSSR count). The van der Waals surface area contributed by atoms with Gasteiger partial charge in [0.2, 0.25) is 0 Å². The van der Waals surface area contributed by atoms with E-state index in [1.165, 1.54) is 5.56 Å². The molecule has 21 heavy (non-hydrogen) atoms. The molecule has 0 aliphatic carbocycles. The first-order valence-corrected chi connectivity index (χ1v) is 7.61. The number of aryl methyl sites for hydroxylation is 1. The molecule has 0 saturated carbocycles. The zero-order valence-electron chi connectivity index (χ0n) is 12.8. The third-order valence-corrected chi connectivity index (χ3v) is 4.28. The minimum Gasteiger partial charge on any atom is -0.378 e. The van der Waals surface area contributed by atoms with Crippen LogP contribution in [0.4, 0.5) is 5.69 Å². The largest absolute Gasteiger partial charge is 0.378 e. The molecule has 0 heterocycles. The molecule has 0 bridgehead atoms. The highest BCUT2D eigenvalue weighted by Crippen LogP contribution is 2.32. The van der Waals surface area contributed by atoms with Gasteiger partial charge in [0.05, 0.1) is 5.56 Å². The van der Waals surface area contributed by atoms with Crippen LogP contribution in [0.1, 0.15) is 15.9 Å². The van der Waals surface area contributed by atoms with Gasteiger partial charge in [0.1, 0.15) is 0 Å². The third kappa shape index (κ3) is 3.79. The van der Waals surface area contributed by atoms with Crippen molar-refractivity contribution in [1.82, 2.24) is 5.32 Å². The Bertz CT molecular complexity index is 636. The van der Waals surface area contributed by atoms with Gasteiger partial charge >= 0.3 is 0 Å². The Morgan fingerprint density at radius 1 is 1.10 bits per heavy atom. The van der Waals surface area contributed by atoms with Crippen LogP contribution in [0.5, 0.6) is 0 Å². The average molecular weight is 300 g/mol. The predicted octanol–water partition coefficient (Wildman–Crippen LogP) is 3.57. The monoisotopic (exact) mass is 300 g/mol. The van der Waals surface area contributed by atoms with Crippen LogP contribution >= 0.6 is 11.8 Å². The number of amides is 1. The number of carbonyl (C=O) groups is 1. The molecule has 0 spiro atoms. The van der Waals surface area contributed by atoms with Crippen LogP contribution in [0.3, 0.4) is 0 Å². The Labute approximate surface area is 130 Å². The SMILES string of the molecule is CNC(=O)c1cc(N(C)C)ccc1Sc1ccc(C)cc1. The zero-order valence-corrected chi connectivity index (χ0v) is 13.6. The number of rotatable bonds is 4. The Kier molecular flexibility index (Phi) is 4.91. The first-order valence-electron chi connectivity index (χ1n) is 6.79. The molecule has 1 N–H and O–H groups in total. The minimum atomic E-state index is -0.0617. The highest BCUT2D eigenvalue weighted by atomic mass is 32.2. The topological polar surface area (TPSA) is 32.3 Å². The summed E-state index contributed by atoms with van der Waals surface area (Å²) in [5.74, 6) is -0.0617. The molecule has 4 heteroatoms. The second-order valence-electron chi connectivity index (χ2n) is 5.07. The number of hydrogen-bond donors (Lipinski definition) is 1. The van der Waals surface area contributed by atoms with E-state index in [9.17, 15) is 4.79 Å². The minimum absolute atomic E-state index is 0.0617. The molecule has 110 valence electrons. The molecule has 0 atom stereocenters. The van der Waals surface area contributed by atoms with Crippen molar-refractivity contribution in [2.75, 3.05) is 26.0 Å². The lowest BCUT2D eigenvalue weighted by atomic mass is 10.2. The van der Waals surface area contributed by atoms with Crippen LogP contribution in [-0.4, -0.2) is 27.1 Å². The van der Waals surface area contributed by atoms with Crippen molar-refractivity contribution >= 4 is 23.4 Å². The van der Waals surface area contributed by atoms with E-state index in [0.29, 0.717) is 5.56 Å². The van der Waals surface area contributed by atoms with E-state index in [1.807, 2.05) is 37.2 Å². The average Bonchev–Trinajstić information content (AvgIpc) is 2.49. The smallest absolute Gasteiger partial charge is 0.252 e. The Morgan fingerprint density at radius 2 is 1.76 bits per heavy atom. The summed E-state index contributed by atoms with van der Waals surface area (Å²) in [6, 6.07) is 14.3. The fourth-order valence-corrected chi connectivity index (χ4v) is 2.85. The maximum Gasteiger partial charge on any atom is 0.252 e. The molecule has 0 unspecified atom stereocenters. The molecule has 2 aromatic carbocycles. The van der Waals surface area contributed by atoms with Gasteiger partial charge in [0.25, 0.3) is 5.91 Å². The van der Waals surface area contributed by atoms with E-state index in [4.69, 9.17) is 0 Å². The number of nitrogens with zero attached hydrogens (tertiary/aromatic N) is 1. The summed E-state index contributed by atoms with van der Waals surface area (Å²) in [6.45, 7) is 2.07. The number of carbonyl (C=O) groups excluding carboxylic acids is 1. The lowest BCUT2D eigenvalue weighted by molar-refractivity contribution is 0.0960. The van der Waals surface area contributed by atoms with E-state index in [2.05, 4.69) is 36.5 Å². The summed E-state index contributed by atoms with van der Waals surface area (Å²) in [7, 11) is 5.59. The van der Waals surface area contributed by atoms with Crippen molar-refractivity contribution in [2.45, 2.75) is 16.7 Å². The standard InChI is InChI=1S/C17H20N2OS/c1-12-5-8-14(9-6-12)21-16-10-7-13(19(3)4)11-15(16)17(20)18-2/h5-11H,1-4H3,(H,18,20). The van der Waals surface area contributed by atoms with Gasteiger partial charge in [-0.25, -0.2) is 0 Å². The highest BCUT2D eigenvalue weighted by molar-refractivity contribution is 7.99. The van der Waals surface area contributed by atoms with Gasteiger partial charge in [-0.3, -0.25) is 4.79 Å². The zero-order chi connectivity index (χ0) is 15.4. The molecule has 0 aliphatic rings. The maximum absolute atomic E-state index is 12.1. The Balaban J connectivity index is 2.37. The molecular weight excluding hydrogens is 280 g/mol. The lowest BCUT2D eigenvalue weighted by Gasteiger charge is -2.16. The number of benzene rings is 2. The quantitative estimate of drug-likeness (QED) is 0.937. The van der Waals surface area contributed by atoms with Gasteiger partial charge in [-0.15, -0.1) is 0 Å². The summed E-state index contributed by atoms with van der Waals surface area (Å²) in [4.78, 5) is 16.2. The van der Waals surface area contributed by atoms with E-state index in [1.54, 1.807) is 18.8 Å². The van der Waals surface area contributed by atoms with E-state index >= 15 is 0 Å². The van der Waals surface area contributed by atoms with Crippen LogP contribution in [0.15, 0.2) is 52.3 Å². The molecule has 0 fully saturated rings. The summed E-state index contributed by atoms with van der Waals surface area (Å²) in [5, 5.41) is 2.71. The van der Waals surface area contributed by atoms with Crippen molar-refractivity contribution in [1.29, 1.82) is 0 Å². The molecule has 0 saturated heterocycles. The van der Waals surface area contributed by atoms with Crippen LogP contribution in [0.2, 0.25) is 0 Å². The van der Waals surface area contributed by atoms with Crippen LogP contribution in [0.25, 0.3) is 0 Å². The second-order valence-corrected chi connectivity index (χ2v) is 6.18. The van der Waals surface area contributed by atoms with Crippen LogP contribution in [0, 0.1) is 6.92 Å². The van der Waals surface area contributed by atoms with Crippen molar-refractivity contribution in [3.05, 3.63) is 53.6 Å². The van der Waals surface area contributed by atoms with Gasteiger partial charge < -0.3 is 10.2 Å². The number of anilines is 1. The van der Waals surface area contributed by atoms with Gasteiger partial charge in [0, 0.05) is 36.6 Å². The summed E-state index contributed by atoms with van der Waals surface area (Å²) < 4.78 is 0. The van der Waals surface area contributed by atoms with Crippen molar-refractivity contribution in [2.24, 2.45) is 0 Å². The normalized spacial score (nSPS) is 10.3. The highest BCUT2D eigenvalue weighted by Gasteiger charge is 2.13. The van der Waals surface area contributed by atoms with Gasteiger partial charge in [-0.05, 0) is 37.3 Å². The van der Waals surface area contributed by atoms with Gasteiger partial charge in [0.15, 0.2) is 0 Å². The second kappa shape index (κ2) is 6.68. The van der Waals surface area contributed by atoms with Crippen LogP contribution < -0.4 is 10.2 Å². The fraction of sp³-hybridized carbons (Fsp3) is 0.235. The summed E-state index contributed by atoms with van der Waals surface area (Å²) >= 11 is 1.61. The lowest BCUT2D eigenvalue weighted by Crippen LogP contribution is -2.19. The molecule has 2 aromatic rings. The van der Waals surface area contributed by atoms with E-state index in [0.717, 1.165) is 15.5 Å². The van der Waals surface area contributed by atoms with Crippen molar-refractivity contribution < 1.29 is 4.79 Å². The predicted molar refractivity (Wildman–Crippen MR) is 89.5 cm³/mol. The van der Waals surface area contributed by atoms with Crippen LogP contribution in [-0.2, 0) is 0 Å². The van der Waals surface area contributed by atoms with Gasteiger partial charge in [-0.1, -0.05) is 29.5 Å². The Hall–Kier alpha value is -1.94. The van der Waals surface area contributed by atoms with E-state index < -0.39 is 0 Å². The van der Waals surface area contributed by atoms with Gasteiger partial charge in [-0.2, -0.15) is 0 Å². The first kappa shape index (κ1) is 15.4.